The third kappa shape index (κ3) is 2.87. The molecule has 0 aliphatic heterocycles. The highest BCUT2D eigenvalue weighted by atomic mass is 32.1. The van der Waals surface area contributed by atoms with Crippen LogP contribution in [0.25, 0.3) is 0 Å². The standard InChI is InChI=1S/C7H11N3OS/c1-5(2)9-6(11)10-7-8-3-4-12-7/h3-5H,1-2H3,(H2,8,9,10,11). The molecule has 0 radical (unpaired) electrons. The predicted octanol–water partition coefficient (Wildman–Crippen LogP) is 1.67. The highest BCUT2D eigenvalue weighted by molar-refractivity contribution is 7.13. The number of hydrogen-bond donors (Lipinski definition) is 2. The fourth-order valence-electron chi connectivity index (χ4n) is 0.681. The van der Waals surface area contributed by atoms with Gasteiger partial charge in [0.15, 0.2) is 5.13 Å². The van der Waals surface area contributed by atoms with Crippen LogP contribution < -0.4 is 10.6 Å². The van der Waals surface area contributed by atoms with Gasteiger partial charge in [0.05, 0.1) is 0 Å². The normalized spacial score (nSPS) is 9.92. The van der Waals surface area contributed by atoms with E-state index in [1.807, 2.05) is 19.2 Å². The molecule has 0 saturated heterocycles. The van der Waals surface area contributed by atoms with Crippen molar-refractivity contribution in [1.29, 1.82) is 0 Å². The Morgan fingerprint density at radius 2 is 2.42 bits per heavy atom. The van der Waals surface area contributed by atoms with Gasteiger partial charge in [-0.25, -0.2) is 9.78 Å². The minimum absolute atomic E-state index is 0.143. The summed E-state index contributed by atoms with van der Waals surface area (Å²) in [5.74, 6) is 0. The van der Waals surface area contributed by atoms with Crippen molar-refractivity contribution >= 4 is 22.5 Å². The van der Waals surface area contributed by atoms with Crippen LogP contribution in [0.15, 0.2) is 11.6 Å². The number of nitrogens with one attached hydrogen (secondary N) is 2. The summed E-state index contributed by atoms with van der Waals surface area (Å²) in [5, 5.41) is 7.74. The summed E-state index contributed by atoms with van der Waals surface area (Å²) >= 11 is 1.40. The lowest BCUT2D eigenvalue weighted by Gasteiger charge is -2.07. The van der Waals surface area contributed by atoms with Crippen LogP contribution in [0.4, 0.5) is 9.93 Å². The zero-order chi connectivity index (χ0) is 8.97. The van der Waals surface area contributed by atoms with Gasteiger partial charge in [-0.15, -0.1) is 11.3 Å². The first-order valence-electron chi connectivity index (χ1n) is 3.65. The number of hydrogen-bond acceptors (Lipinski definition) is 3. The van der Waals surface area contributed by atoms with Crippen molar-refractivity contribution in [2.45, 2.75) is 19.9 Å². The zero-order valence-electron chi connectivity index (χ0n) is 7.00. The molecule has 0 fully saturated rings. The van der Waals surface area contributed by atoms with E-state index in [-0.39, 0.29) is 12.1 Å². The number of rotatable bonds is 2. The van der Waals surface area contributed by atoms with Crippen LogP contribution in [-0.2, 0) is 0 Å². The average molecular weight is 185 g/mol. The van der Waals surface area contributed by atoms with E-state index < -0.39 is 0 Å². The second-order valence-corrected chi connectivity index (χ2v) is 3.48. The zero-order valence-corrected chi connectivity index (χ0v) is 7.81. The van der Waals surface area contributed by atoms with Gasteiger partial charge in [-0.05, 0) is 13.8 Å². The van der Waals surface area contributed by atoms with Gasteiger partial charge < -0.3 is 5.32 Å². The van der Waals surface area contributed by atoms with Crippen molar-refractivity contribution in [3.63, 3.8) is 0 Å². The predicted molar refractivity (Wildman–Crippen MR) is 49.4 cm³/mol. The Balaban J connectivity index is 2.37. The van der Waals surface area contributed by atoms with Crippen molar-refractivity contribution in [2.75, 3.05) is 5.32 Å². The van der Waals surface area contributed by atoms with E-state index in [0.717, 1.165) is 0 Å². The second-order valence-electron chi connectivity index (χ2n) is 2.59. The maximum absolute atomic E-state index is 11.1. The SMILES string of the molecule is CC(C)NC(=O)Nc1nccs1. The summed E-state index contributed by atoms with van der Waals surface area (Å²) < 4.78 is 0. The minimum atomic E-state index is -0.208. The monoisotopic (exact) mass is 185 g/mol. The van der Waals surface area contributed by atoms with E-state index in [0.29, 0.717) is 5.13 Å². The van der Waals surface area contributed by atoms with Crippen LogP contribution in [0, 0.1) is 0 Å². The molecule has 0 bridgehead atoms. The molecule has 2 amide bonds. The average Bonchev–Trinajstić information content (AvgIpc) is 2.37. The minimum Gasteiger partial charge on any atom is -0.336 e. The molecular formula is C7H11N3OS. The van der Waals surface area contributed by atoms with Gasteiger partial charge >= 0.3 is 6.03 Å². The summed E-state index contributed by atoms with van der Waals surface area (Å²) in [5.41, 5.74) is 0. The van der Waals surface area contributed by atoms with Crippen LogP contribution in [0.3, 0.4) is 0 Å². The number of amides is 2. The molecule has 1 aromatic heterocycles. The summed E-state index contributed by atoms with van der Waals surface area (Å²) in [4.78, 5) is 15.0. The fraction of sp³-hybridized carbons (Fsp3) is 0.429. The van der Waals surface area contributed by atoms with Gasteiger partial charge in [-0.2, -0.15) is 0 Å². The smallest absolute Gasteiger partial charge is 0.321 e. The molecule has 5 heteroatoms. The first-order chi connectivity index (χ1) is 5.68. The second kappa shape index (κ2) is 4.06. The molecule has 0 aromatic carbocycles. The Hall–Kier alpha value is -1.10. The Morgan fingerprint density at radius 1 is 1.67 bits per heavy atom. The molecule has 12 heavy (non-hydrogen) atoms. The molecule has 1 aromatic rings. The number of nitrogens with zero attached hydrogens (tertiary/aromatic N) is 1. The Morgan fingerprint density at radius 3 is 2.92 bits per heavy atom. The summed E-state index contributed by atoms with van der Waals surface area (Å²) in [6, 6.07) is -0.0649. The number of carbonyl (C=O) groups excluding carboxylic acids is 1. The largest absolute Gasteiger partial charge is 0.336 e. The molecule has 66 valence electrons. The van der Waals surface area contributed by atoms with Crippen LogP contribution in [0.1, 0.15) is 13.8 Å². The fourth-order valence-corrected chi connectivity index (χ4v) is 1.20. The summed E-state index contributed by atoms with van der Waals surface area (Å²) in [6.45, 7) is 3.81. The number of aromatic nitrogens is 1. The van der Waals surface area contributed by atoms with E-state index in [9.17, 15) is 4.79 Å². The number of anilines is 1. The van der Waals surface area contributed by atoms with Crippen LogP contribution in [0.2, 0.25) is 0 Å². The lowest BCUT2D eigenvalue weighted by molar-refractivity contribution is 0.250. The highest BCUT2D eigenvalue weighted by Crippen LogP contribution is 2.09. The van der Waals surface area contributed by atoms with Gasteiger partial charge in [-0.3, -0.25) is 5.32 Å². The van der Waals surface area contributed by atoms with Crippen LogP contribution in [-0.4, -0.2) is 17.1 Å². The van der Waals surface area contributed by atoms with Crippen molar-refractivity contribution in [3.8, 4) is 0 Å². The van der Waals surface area contributed by atoms with E-state index in [2.05, 4.69) is 15.6 Å². The van der Waals surface area contributed by atoms with Gasteiger partial charge in [0, 0.05) is 17.6 Å². The lowest BCUT2D eigenvalue weighted by Crippen LogP contribution is -2.34. The lowest BCUT2D eigenvalue weighted by atomic mass is 10.4. The quantitative estimate of drug-likeness (QED) is 0.736. The van der Waals surface area contributed by atoms with Crippen LogP contribution >= 0.6 is 11.3 Å². The van der Waals surface area contributed by atoms with E-state index in [4.69, 9.17) is 0 Å². The Kier molecular flexibility index (Phi) is 3.04. The first kappa shape index (κ1) is 8.99. The molecule has 0 spiro atoms. The molecular weight excluding hydrogens is 174 g/mol. The van der Waals surface area contributed by atoms with E-state index >= 15 is 0 Å². The van der Waals surface area contributed by atoms with Gasteiger partial charge in [0.1, 0.15) is 0 Å². The number of thiazole rings is 1. The van der Waals surface area contributed by atoms with Crippen molar-refractivity contribution < 1.29 is 4.79 Å². The third-order valence-corrected chi connectivity index (χ3v) is 1.76. The molecule has 0 saturated carbocycles. The van der Waals surface area contributed by atoms with E-state index in [1.54, 1.807) is 6.20 Å². The molecule has 0 atom stereocenters. The third-order valence-electron chi connectivity index (χ3n) is 1.07. The Bertz CT molecular complexity index is 245. The number of carbonyl (C=O) groups is 1. The maximum atomic E-state index is 11.1. The molecule has 1 rings (SSSR count). The van der Waals surface area contributed by atoms with E-state index in [1.165, 1.54) is 11.3 Å². The highest BCUT2D eigenvalue weighted by Gasteiger charge is 2.03. The topological polar surface area (TPSA) is 54.0 Å². The summed E-state index contributed by atoms with van der Waals surface area (Å²) in [6.07, 6.45) is 1.65. The first-order valence-corrected chi connectivity index (χ1v) is 4.53. The molecule has 2 N–H and O–H groups in total. The number of urea groups is 1. The Labute approximate surface area is 75.0 Å². The molecule has 4 nitrogen and oxygen atoms in total. The molecule has 0 unspecified atom stereocenters. The van der Waals surface area contributed by atoms with Crippen molar-refractivity contribution in [1.82, 2.24) is 10.3 Å². The van der Waals surface area contributed by atoms with Crippen LogP contribution in [0.5, 0.6) is 0 Å². The van der Waals surface area contributed by atoms with Gasteiger partial charge in [0.25, 0.3) is 0 Å². The maximum Gasteiger partial charge on any atom is 0.321 e. The van der Waals surface area contributed by atoms with Crippen molar-refractivity contribution in [3.05, 3.63) is 11.6 Å². The van der Waals surface area contributed by atoms with Gasteiger partial charge in [-0.1, -0.05) is 0 Å². The van der Waals surface area contributed by atoms with Gasteiger partial charge in [0.2, 0.25) is 0 Å². The molecule has 1 heterocycles. The van der Waals surface area contributed by atoms with Crippen molar-refractivity contribution in [2.24, 2.45) is 0 Å². The summed E-state index contributed by atoms with van der Waals surface area (Å²) in [7, 11) is 0. The molecule has 0 aliphatic rings. The molecule has 0 aliphatic carbocycles.